The molecule has 0 spiro atoms. The van der Waals surface area contributed by atoms with Gasteiger partial charge in [-0.15, -0.1) is 0 Å². The maximum atomic E-state index is 13.0. The molecule has 0 aliphatic carbocycles. The van der Waals surface area contributed by atoms with Crippen LogP contribution in [0.25, 0.3) is 22.1 Å². The first-order valence-corrected chi connectivity index (χ1v) is 9.38. The van der Waals surface area contributed by atoms with E-state index in [9.17, 15) is 9.59 Å². The highest BCUT2D eigenvalue weighted by Gasteiger charge is 2.15. The largest absolute Gasteiger partial charge is 0.479 e. The summed E-state index contributed by atoms with van der Waals surface area (Å²) in [6, 6.07) is 15.7. The third-order valence-electron chi connectivity index (χ3n) is 4.66. The highest BCUT2D eigenvalue weighted by atomic mass is 16.5. The van der Waals surface area contributed by atoms with Gasteiger partial charge < -0.3 is 18.4 Å². The molecule has 0 fully saturated rings. The number of benzene rings is 2. The van der Waals surface area contributed by atoms with E-state index in [0.717, 1.165) is 5.56 Å². The molecule has 0 unspecified atom stereocenters. The summed E-state index contributed by atoms with van der Waals surface area (Å²) in [7, 11) is 1.48. The zero-order valence-electron chi connectivity index (χ0n) is 16.5. The molecule has 0 N–H and O–H groups in total. The molecule has 0 saturated heterocycles. The summed E-state index contributed by atoms with van der Waals surface area (Å²) in [6.45, 7) is 1.74. The van der Waals surface area contributed by atoms with Crippen molar-refractivity contribution in [3.63, 3.8) is 0 Å². The predicted octanol–water partition coefficient (Wildman–Crippen LogP) is 4.30. The van der Waals surface area contributed by atoms with Crippen LogP contribution in [0.2, 0.25) is 0 Å². The molecule has 2 aromatic heterocycles. The molecule has 0 radical (unpaired) electrons. The van der Waals surface area contributed by atoms with Gasteiger partial charge in [-0.05, 0) is 29.8 Å². The van der Waals surface area contributed by atoms with Crippen molar-refractivity contribution >= 4 is 16.9 Å². The highest BCUT2D eigenvalue weighted by molar-refractivity contribution is 5.84. The smallest absolute Gasteiger partial charge is 0.311 e. The lowest BCUT2D eigenvalue weighted by atomic mass is 10.0. The van der Waals surface area contributed by atoms with E-state index in [0.29, 0.717) is 46.1 Å². The zero-order valence-corrected chi connectivity index (χ0v) is 16.5. The molecule has 0 aliphatic rings. The molecule has 152 valence electrons. The van der Waals surface area contributed by atoms with Crippen molar-refractivity contribution in [3.8, 4) is 22.8 Å². The molecule has 7 nitrogen and oxygen atoms in total. The Balaban J connectivity index is 1.53. The third-order valence-corrected chi connectivity index (χ3v) is 4.66. The Labute approximate surface area is 171 Å². The molecule has 0 saturated carbocycles. The minimum absolute atomic E-state index is 0.103. The van der Waals surface area contributed by atoms with Crippen LogP contribution in [0.5, 0.6) is 11.6 Å². The maximum Gasteiger partial charge on any atom is 0.311 e. The first-order chi connectivity index (χ1) is 14.5. The van der Waals surface area contributed by atoms with Crippen LogP contribution in [0.3, 0.4) is 0 Å². The summed E-state index contributed by atoms with van der Waals surface area (Å²) >= 11 is 0. The number of hydrogen-bond donors (Lipinski definition) is 0. The normalized spacial score (nSPS) is 10.9. The van der Waals surface area contributed by atoms with E-state index in [1.807, 2.05) is 30.3 Å². The van der Waals surface area contributed by atoms with E-state index in [1.165, 1.54) is 7.11 Å². The minimum Gasteiger partial charge on any atom is -0.479 e. The van der Waals surface area contributed by atoms with Crippen LogP contribution >= 0.6 is 0 Å². The Morgan fingerprint density at radius 1 is 1.10 bits per heavy atom. The number of fused-ring (bicyclic) bond motifs is 1. The number of methoxy groups -OCH3 is 1. The van der Waals surface area contributed by atoms with Gasteiger partial charge in [0.1, 0.15) is 22.9 Å². The predicted molar refractivity (Wildman–Crippen MR) is 110 cm³/mol. The molecule has 7 heteroatoms. The van der Waals surface area contributed by atoms with Crippen LogP contribution in [0.4, 0.5) is 0 Å². The number of carbonyl (C=O) groups excluding carboxylic acids is 1. The standard InChI is InChI=1S/C23H19NO6/c1-14-22(15-6-4-3-5-7-15)23(26)18-10-8-16(12-19(18)28-14)29-21(25)11-9-17-13-20(27-2)24-30-17/h3-8,10,12-13H,9,11H2,1-2H3. The monoisotopic (exact) mass is 405 g/mol. The number of aryl methyl sites for hydroxylation is 2. The Kier molecular flexibility index (Phi) is 5.34. The molecule has 0 aliphatic heterocycles. The van der Waals surface area contributed by atoms with Gasteiger partial charge in [0.05, 0.1) is 24.5 Å². The van der Waals surface area contributed by atoms with Crippen molar-refractivity contribution < 1.29 is 23.2 Å². The molecule has 0 bridgehead atoms. The number of aromatic nitrogens is 1. The van der Waals surface area contributed by atoms with Crippen LogP contribution in [0, 0.1) is 6.92 Å². The number of hydrogen-bond acceptors (Lipinski definition) is 7. The lowest BCUT2D eigenvalue weighted by Crippen LogP contribution is -2.10. The van der Waals surface area contributed by atoms with Gasteiger partial charge in [0.2, 0.25) is 5.43 Å². The van der Waals surface area contributed by atoms with Gasteiger partial charge in [0.15, 0.2) is 0 Å². The van der Waals surface area contributed by atoms with Crippen LogP contribution in [0.1, 0.15) is 17.9 Å². The second-order valence-corrected chi connectivity index (χ2v) is 6.70. The number of nitrogens with zero attached hydrogens (tertiary/aromatic N) is 1. The maximum absolute atomic E-state index is 13.0. The van der Waals surface area contributed by atoms with Crippen molar-refractivity contribution in [2.75, 3.05) is 7.11 Å². The second-order valence-electron chi connectivity index (χ2n) is 6.70. The Hall–Kier alpha value is -3.87. The van der Waals surface area contributed by atoms with Gasteiger partial charge in [0, 0.05) is 18.6 Å². The second kappa shape index (κ2) is 8.24. The Morgan fingerprint density at radius 2 is 1.90 bits per heavy atom. The van der Waals surface area contributed by atoms with E-state index in [-0.39, 0.29) is 11.8 Å². The molecular formula is C23H19NO6. The summed E-state index contributed by atoms with van der Waals surface area (Å²) in [6.07, 6.45) is 0.434. The van der Waals surface area contributed by atoms with E-state index in [2.05, 4.69) is 5.16 Å². The molecular weight excluding hydrogens is 386 g/mol. The molecule has 4 rings (SSSR count). The van der Waals surface area contributed by atoms with E-state index < -0.39 is 5.97 Å². The van der Waals surface area contributed by atoms with E-state index in [4.69, 9.17) is 18.4 Å². The molecule has 4 aromatic rings. The summed E-state index contributed by atoms with van der Waals surface area (Å²) in [5, 5.41) is 4.11. The van der Waals surface area contributed by atoms with Crippen molar-refractivity contribution in [1.29, 1.82) is 0 Å². The first-order valence-electron chi connectivity index (χ1n) is 9.38. The highest BCUT2D eigenvalue weighted by Crippen LogP contribution is 2.26. The summed E-state index contributed by atoms with van der Waals surface area (Å²) in [5.41, 5.74) is 1.56. The summed E-state index contributed by atoms with van der Waals surface area (Å²) in [5.74, 6) is 1.24. The SMILES string of the molecule is COc1cc(CCC(=O)Oc2ccc3c(=O)c(-c4ccccc4)c(C)oc3c2)on1. The molecule has 2 aromatic carbocycles. The summed E-state index contributed by atoms with van der Waals surface area (Å²) < 4.78 is 21.2. The number of carbonyl (C=O) groups is 1. The fraction of sp³-hybridized carbons (Fsp3) is 0.174. The number of esters is 1. The van der Waals surface area contributed by atoms with Crippen molar-refractivity contribution in [3.05, 3.63) is 76.3 Å². The van der Waals surface area contributed by atoms with Crippen LogP contribution in [-0.4, -0.2) is 18.2 Å². The van der Waals surface area contributed by atoms with Gasteiger partial charge in [-0.3, -0.25) is 9.59 Å². The minimum atomic E-state index is -0.440. The van der Waals surface area contributed by atoms with Crippen molar-refractivity contribution in [1.82, 2.24) is 5.16 Å². The lowest BCUT2D eigenvalue weighted by molar-refractivity contribution is -0.134. The average molecular weight is 405 g/mol. The first kappa shape index (κ1) is 19.4. The van der Waals surface area contributed by atoms with Crippen LogP contribution in [-0.2, 0) is 11.2 Å². The lowest BCUT2D eigenvalue weighted by Gasteiger charge is -2.08. The van der Waals surface area contributed by atoms with E-state index >= 15 is 0 Å². The third kappa shape index (κ3) is 3.96. The molecule has 30 heavy (non-hydrogen) atoms. The fourth-order valence-electron chi connectivity index (χ4n) is 3.20. The molecule has 0 atom stereocenters. The van der Waals surface area contributed by atoms with Crippen molar-refractivity contribution in [2.45, 2.75) is 19.8 Å². The molecule has 2 heterocycles. The number of rotatable bonds is 6. The van der Waals surface area contributed by atoms with Gasteiger partial charge in [0.25, 0.3) is 5.88 Å². The van der Waals surface area contributed by atoms with Gasteiger partial charge in [-0.2, -0.15) is 0 Å². The average Bonchev–Trinajstić information content (AvgIpc) is 3.21. The fourth-order valence-corrected chi connectivity index (χ4v) is 3.20. The quantitative estimate of drug-likeness (QED) is 0.349. The van der Waals surface area contributed by atoms with Gasteiger partial charge in [-0.25, -0.2) is 0 Å². The van der Waals surface area contributed by atoms with Crippen molar-refractivity contribution in [2.24, 2.45) is 0 Å². The number of ether oxygens (including phenoxy) is 2. The zero-order chi connectivity index (χ0) is 21.1. The van der Waals surface area contributed by atoms with Gasteiger partial charge >= 0.3 is 5.97 Å². The summed E-state index contributed by atoms with van der Waals surface area (Å²) in [4.78, 5) is 25.1. The Bertz CT molecular complexity index is 1260. The topological polar surface area (TPSA) is 91.8 Å². The van der Waals surface area contributed by atoms with E-state index in [1.54, 1.807) is 31.2 Å². The molecule has 0 amide bonds. The van der Waals surface area contributed by atoms with Crippen LogP contribution in [0.15, 0.2) is 68.3 Å². The Morgan fingerprint density at radius 3 is 2.63 bits per heavy atom. The van der Waals surface area contributed by atoms with Crippen LogP contribution < -0.4 is 14.9 Å². The van der Waals surface area contributed by atoms with Gasteiger partial charge in [-0.1, -0.05) is 30.3 Å².